The van der Waals surface area contributed by atoms with Gasteiger partial charge in [0.25, 0.3) is 0 Å². The first-order valence-electron chi connectivity index (χ1n) is 10.2. The lowest BCUT2D eigenvalue weighted by Gasteiger charge is -2.30. The molecule has 1 aliphatic heterocycles. The monoisotopic (exact) mass is 408 g/mol. The Labute approximate surface area is 176 Å². The number of aromatic nitrogens is 2. The van der Waals surface area contributed by atoms with Crippen molar-refractivity contribution in [3.63, 3.8) is 0 Å². The normalized spacial score (nSPS) is 14.9. The van der Waals surface area contributed by atoms with Crippen molar-refractivity contribution in [3.05, 3.63) is 53.2 Å². The van der Waals surface area contributed by atoms with E-state index in [2.05, 4.69) is 44.5 Å². The summed E-state index contributed by atoms with van der Waals surface area (Å²) in [6, 6.07) is 12.2. The van der Waals surface area contributed by atoms with Gasteiger partial charge in [-0.15, -0.1) is 0 Å². The molecule has 2 N–H and O–H groups in total. The fourth-order valence-corrected chi connectivity index (χ4v) is 3.93. The molecule has 0 unspecified atom stereocenters. The van der Waals surface area contributed by atoms with Crippen molar-refractivity contribution in [3.8, 4) is 11.5 Å². The minimum absolute atomic E-state index is 0.409. The second-order valence-corrected chi connectivity index (χ2v) is 7.64. The summed E-state index contributed by atoms with van der Waals surface area (Å²) in [6.45, 7) is 4.77. The molecule has 30 heavy (non-hydrogen) atoms. The molecular formula is C23H28N4O3. The van der Waals surface area contributed by atoms with Gasteiger partial charge in [-0.1, -0.05) is 24.3 Å². The molecule has 0 amide bonds. The SMILES string of the molecule is COc1cc2nc(C)c(NC[C@H](O)CN3CCc4ccccc4C3)nc2cc1OC. The highest BCUT2D eigenvalue weighted by Crippen LogP contribution is 2.31. The van der Waals surface area contributed by atoms with Gasteiger partial charge in [-0.25, -0.2) is 9.97 Å². The minimum atomic E-state index is -0.502. The van der Waals surface area contributed by atoms with Gasteiger partial charge < -0.3 is 19.9 Å². The first-order chi connectivity index (χ1) is 14.6. The predicted molar refractivity (Wildman–Crippen MR) is 117 cm³/mol. The molecule has 4 rings (SSSR count). The summed E-state index contributed by atoms with van der Waals surface area (Å²) in [6.07, 6.45) is 0.522. The lowest BCUT2D eigenvalue weighted by Crippen LogP contribution is -2.39. The van der Waals surface area contributed by atoms with Gasteiger partial charge in [0.15, 0.2) is 11.5 Å². The fraction of sp³-hybridized carbons (Fsp3) is 0.391. The van der Waals surface area contributed by atoms with E-state index in [0.717, 1.165) is 30.7 Å². The van der Waals surface area contributed by atoms with Crippen LogP contribution in [0.3, 0.4) is 0 Å². The summed E-state index contributed by atoms with van der Waals surface area (Å²) in [7, 11) is 3.20. The Hall–Kier alpha value is -2.90. The molecule has 0 spiro atoms. The van der Waals surface area contributed by atoms with Crippen molar-refractivity contribution in [2.45, 2.75) is 26.0 Å². The molecule has 0 radical (unpaired) electrons. The number of nitrogens with one attached hydrogen (secondary N) is 1. The molecule has 2 heterocycles. The summed E-state index contributed by atoms with van der Waals surface area (Å²) in [4.78, 5) is 11.6. The van der Waals surface area contributed by atoms with Gasteiger partial charge in [-0.2, -0.15) is 0 Å². The lowest BCUT2D eigenvalue weighted by molar-refractivity contribution is 0.114. The van der Waals surface area contributed by atoms with E-state index < -0.39 is 6.10 Å². The van der Waals surface area contributed by atoms with Crippen molar-refractivity contribution in [2.24, 2.45) is 0 Å². The Bertz CT molecular complexity index is 1040. The summed E-state index contributed by atoms with van der Waals surface area (Å²) in [5.74, 6) is 1.90. The molecule has 1 aromatic heterocycles. The topological polar surface area (TPSA) is 79.7 Å². The van der Waals surface area contributed by atoms with Crippen molar-refractivity contribution >= 4 is 16.9 Å². The average molecular weight is 409 g/mol. The molecule has 1 atom stereocenters. The zero-order valence-electron chi connectivity index (χ0n) is 17.7. The molecule has 7 nitrogen and oxygen atoms in total. The fourth-order valence-electron chi connectivity index (χ4n) is 3.93. The Morgan fingerprint density at radius 2 is 1.73 bits per heavy atom. The second kappa shape index (κ2) is 8.85. The number of rotatable bonds is 7. The third-order valence-electron chi connectivity index (χ3n) is 5.53. The molecule has 0 saturated carbocycles. The summed E-state index contributed by atoms with van der Waals surface area (Å²) in [5, 5.41) is 13.8. The van der Waals surface area contributed by atoms with E-state index in [9.17, 15) is 5.11 Å². The molecule has 7 heteroatoms. The van der Waals surface area contributed by atoms with E-state index in [1.165, 1.54) is 11.1 Å². The highest BCUT2D eigenvalue weighted by Gasteiger charge is 2.19. The number of anilines is 1. The number of fused-ring (bicyclic) bond motifs is 2. The van der Waals surface area contributed by atoms with Crippen molar-refractivity contribution in [2.75, 3.05) is 39.2 Å². The van der Waals surface area contributed by atoms with Crippen LogP contribution in [0.4, 0.5) is 5.82 Å². The summed E-state index contributed by atoms with van der Waals surface area (Å²) >= 11 is 0. The third kappa shape index (κ3) is 4.32. The smallest absolute Gasteiger partial charge is 0.163 e. The van der Waals surface area contributed by atoms with Gasteiger partial charge in [0.2, 0.25) is 0 Å². The number of aliphatic hydroxyl groups is 1. The van der Waals surface area contributed by atoms with Crippen LogP contribution in [-0.4, -0.2) is 59.9 Å². The van der Waals surface area contributed by atoms with Crippen LogP contribution in [0.15, 0.2) is 36.4 Å². The summed E-state index contributed by atoms with van der Waals surface area (Å²) in [5.41, 5.74) is 4.99. The average Bonchev–Trinajstić information content (AvgIpc) is 2.76. The number of ether oxygens (including phenoxy) is 2. The first kappa shape index (κ1) is 20.4. The van der Waals surface area contributed by atoms with E-state index in [1.807, 2.05) is 19.1 Å². The maximum Gasteiger partial charge on any atom is 0.163 e. The Morgan fingerprint density at radius 3 is 2.43 bits per heavy atom. The lowest BCUT2D eigenvalue weighted by atomic mass is 10.00. The van der Waals surface area contributed by atoms with Crippen LogP contribution in [0.1, 0.15) is 16.8 Å². The molecule has 0 aliphatic carbocycles. The number of hydrogen-bond acceptors (Lipinski definition) is 7. The Balaban J connectivity index is 1.41. The van der Waals surface area contributed by atoms with E-state index in [0.29, 0.717) is 35.9 Å². The number of methoxy groups -OCH3 is 2. The largest absolute Gasteiger partial charge is 0.493 e. The zero-order chi connectivity index (χ0) is 21.1. The molecule has 2 aromatic carbocycles. The van der Waals surface area contributed by atoms with Gasteiger partial charge >= 0.3 is 0 Å². The molecule has 1 aliphatic rings. The predicted octanol–water partition coefficient (Wildman–Crippen LogP) is 2.79. The van der Waals surface area contributed by atoms with Crippen LogP contribution in [0.5, 0.6) is 11.5 Å². The third-order valence-corrected chi connectivity index (χ3v) is 5.53. The van der Waals surface area contributed by atoms with Gasteiger partial charge in [0, 0.05) is 38.3 Å². The van der Waals surface area contributed by atoms with Crippen LogP contribution in [0.2, 0.25) is 0 Å². The van der Waals surface area contributed by atoms with Gasteiger partial charge in [-0.05, 0) is 24.5 Å². The highest BCUT2D eigenvalue weighted by molar-refractivity contribution is 5.80. The molecular weight excluding hydrogens is 380 g/mol. The summed E-state index contributed by atoms with van der Waals surface area (Å²) < 4.78 is 10.7. The van der Waals surface area contributed by atoms with Crippen molar-refractivity contribution in [1.29, 1.82) is 0 Å². The van der Waals surface area contributed by atoms with Gasteiger partial charge in [-0.3, -0.25) is 4.90 Å². The second-order valence-electron chi connectivity index (χ2n) is 7.64. The number of β-amino-alcohol motifs (C(OH)–C–C–N with tert-alkyl or cyclic N) is 1. The number of nitrogens with zero attached hydrogens (tertiary/aromatic N) is 3. The van der Waals surface area contributed by atoms with Crippen LogP contribution >= 0.6 is 0 Å². The quantitative estimate of drug-likeness (QED) is 0.622. The van der Waals surface area contributed by atoms with E-state index >= 15 is 0 Å². The van der Waals surface area contributed by atoms with Crippen LogP contribution < -0.4 is 14.8 Å². The molecule has 158 valence electrons. The highest BCUT2D eigenvalue weighted by atomic mass is 16.5. The number of hydrogen-bond donors (Lipinski definition) is 2. The number of benzene rings is 2. The van der Waals surface area contributed by atoms with Crippen LogP contribution in [-0.2, 0) is 13.0 Å². The molecule has 0 bridgehead atoms. The van der Waals surface area contributed by atoms with E-state index in [-0.39, 0.29) is 0 Å². The number of aryl methyl sites for hydroxylation is 1. The molecule has 0 saturated heterocycles. The van der Waals surface area contributed by atoms with Gasteiger partial charge in [0.05, 0.1) is 37.1 Å². The Morgan fingerprint density at radius 1 is 1.07 bits per heavy atom. The standard InChI is InChI=1S/C23H28N4O3/c1-15-23(26-20-11-22(30-3)21(29-2)10-19(20)25-15)24-12-18(28)14-27-9-8-16-6-4-5-7-17(16)13-27/h4-7,10-11,18,28H,8-9,12-14H2,1-3H3,(H,24,26)/t18-/m0/s1. The zero-order valence-corrected chi connectivity index (χ0v) is 17.7. The van der Waals surface area contributed by atoms with Crippen LogP contribution in [0, 0.1) is 6.92 Å². The maximum atomic E-state index is 10.6. The maximum absolute atomic E-state index is 10.6. The molecule has 3 aromatic rings. The molecule has 0 fully saturated rings. The number of aliphatic hydroxyl groups excluding tert-OH is 1. The minimum Gasteiger partial charge on any atom is -0.493 e. The Kier molecular flexibility index (Phi) is 6.01. The van der Waals surface area contributed by atoms with E-state index in [4.69, 9.17) is 9.47 Å². The van der Waals surface area contributed by atoms with Crippen LogP contribution in [0.25, 0.3) is 11.0 Å². The first-order valence-corrected chi connectivity index (χ1v) is 10.2. The van der Waals surface area contributed by atoms with Crippen molar-refractivity contribution < 1.29 is 14.6 Å². The van der Waals surface area contributed by atoms with E-state index in [1.54, 1.807) is 14.2 Å². The van der Waals surface area contributed by atoms with Gasteiger partial charge in [0.1, 0.15) is 5.82 Å². The van der Waals surface area contributed by atoms with Crippen molar-refractivity contribution in [1.82, 2.24) is 14.9 Å².